The van der Waals surface area contributed by atoms with E-state index in [2.05, 4.69) is 42.2 Å². The van der Waals surface area contributed by atoms with Crippen LogP contribution in [0.1, 0.15) is 12.0 Å². The standard InChI is InChI=1S/C12H15N/c1-11-7-8-13(9-11)10-12-5-3-2-4-6-12/h2-6H,1,7-10H2. The van der Waals surface area contributed by atoms with E-state index in [0.717, 1.165) is 13.1 Å². The molecule has 1 heteroatoms. The first kappa shape index (κ1) is 8.64. The Kier molecular flexibility index (Phi) is 2.55. The first-order valence-electron chi connectivity index (χ1n) is 4.77. The fraction of sp³-hybridized carbons (Fsp3) is 0.333. The molecule has 0 atom stereocenters. The van der Waals surface area contributed by atoms with Crippen LogP contribution in [0.25, 0.3) is 0 Å². The van der Waals surface area contributed by atoms with Crippen LogP contribution >= 0.6 is 0 Å². The predicted octanol–water partition coefficient (Wildman–Crippen LogP) is 2.30. The summed E-state index contributed by atoms with van der Waals surface area (Å²) in [6.45, 7) is 7.33. The van der Waals surface area contributed by atoms with Gasteiger partial charge in [-0.1, -0.05) is 30.3 Å². The maximum absolute atomic E-state index is 4.00. The Morgan fingerprint density at radius 2 is 2.08 bits per heavy atom. The van der Waals surface area contributed by atoms with Crippen molar-refractivity contribution in [2.75, 3.05) is 13.1 Å². The molecule has 1 aromatic carbocycles. The van der Waals surface area contributed by atoms with E-state index in [1.807, 2.05) is 0 Å². The Balaban J connectivity index is 1.92. The highest BCUT2D eigenvalue weighted by Crippen LogP contribution is 2.18. The lowest BCUT2D eigenvalue weighted by Crippen LogP contribution is -2.19. The van der Waals surface area contributed by atoms with Crippen molar-refractivity contribution in [1.29, 1.82) is 0 Å². The summed E-state index contributed by atoms with van der Waals surface area (Å²) < 4.78 is 0. The lowest BCUT2D eigenvalue weighted by atomic mass is 10.2. The van der Waals surface area contributed by atoms with Crippen molar-refractivity contribution >= 4 is 0 Å². The maximum atomic E-state index is 4.00. The van der Waals surface area contributed by atoms with Gasteiger partial charge in [-0.05, 0) is 11.5 Å². The SMILES string of the molecule is [CH2-][C+]1CCN(Cc2ccccc2)C1. The van der Waals surface area contributed by atoms with E-state index in [1.165, 1.54) is 24.4 Å². The molecular weight excluding hydrogens is 158 g/mol. The molecule has 0 radical (unpaired) electrons. The first-order valence-corrected chi connectivity index (χ1v) is 4.77. The molecule has 0 saturated carbocycles. The second-order valence-corrected chi connectivity index (χ2v) is 3.70. The van der Waals surface area contributed by atoms with Crippen molar-refractivity contribution in [2.24, 2.45) is 0 Å². The number of nitrogens with zero attached hydrogens (tertiary/aromatic N) is 1. The van der Waals surface area contributed by atoms with Crippen molar-refractivity contribution in [3.8, 4) is 0 Å². The predicted molar refractivity (Wildman–Crippen MR) is 54.9 cm³/mol. The van der Waals surface area contributed by atoms with E-state index in [0.29, 0.717) is 0 Å². The van der Waals surface area contributed by atoms with Gasteiger partial charge in [-0.25, -0.2) is 0 Å². The Labute approximate surface area is 80.4 Å². The summed E-state index contributed by atoms with van der Waals surface area (Å²) in [5.41, 5.74) is 1.40. The average molecular weight is 173 g/mol. The third-order valence-corrected chi connectivity index (χ3v) is 2.48. The lowest BCUT2D eigenvalue weighted by molar-refractivity contribution is 0.335. The molecule has 1 aliphatic rings. The van der Waals surface area contributed by atoms with E-state index >= 15 is 0 Å². The van der Waals surface area contributed by atoms with Crippen LogP contribution < -0.4 is 0 Å². The molecule has 1 saturated heterocycles. The minimum absolute atomic E-state index is 1.07. The number of hydrogen-bond acceptors (Lipinski definition) is 1. The number of benzene rings is 1. The summed E-state index contributed by atoms with van der Waals surface area (Å²) in [7, 11) is 0. The van der Waals surface area contributed by atoms with Gasteiger partial charge in [-0.15, -0.1) is 6.92 Å². The molecule has 1 nitrogen and oxygen atoms in total. The van der Waals surface area contributed by atoms with Gasteiger partial charge in [0.25, 0.3) is 0 Å². The molecule has 1 heterocycles. The molecule has 0 spiro atoms. The van der Waals surface area contributed by atoms with Crippen LogP contribution in [0.4, 0.5) is 0 Å². The van der Waals surface area contributed by atoms with E-state index in [-0.39, 0.29) is 0 Å². The quantitative estimate of drug-likeness (QED) is 0.620. The molecule has 0 aromatic heterocycles. The van der Waals surface area contributed by atoms with Gasteiger partial charge in [0, 0.05) is 13.1 Å². The second-order valence-electron chi connectivity index (χ2n) is 3.70. The van der Waals surface area contributed by atoms with Crippen LogP contribution in [-0.4, -0.2) is 18.0 Å². The number of rotatable bonds is 2. The zero-order valence-corrected chi connectivity index (χ0v) is 7.87. The molecule has 0 aliphatic carbocycles. The maximum Gasteiger partial charge on any atom is 0.113 e. The van der Waals surface area contributed by atoms with Crippen molar-refractivity contribution < 1.29 is 0 Å². The Bertz CT molecular complexity index is 255. The van der Waals surface area contributed by atoms with Crippen LogP contribution in [0.5, 0.6) is 0 Å². The number of likely N-dealkylation sites (tertiary alicyclic amines) is 1. The van der Waals surface area contributed by atoms with Crippen molar-refractivity contribution in [2.45, 2.75) is 13.0 Å². The van der Waals surface area contributed by atoms with Crippen molar-refractivity contribution in [1.82, 2.24) is 4.90 Å². The van der Waals surface area contributed by atoms with E-state index in [9.17, 15) is 0 Å². The van der Waals surface area contributed by atoms with Crippen LogP contribution in [0.15, 0.2) is 30.3 Å². The van der Waals surface area contributed by atoms with Gasteiger partial charge in [0.2, 0.25) is 0 Å². The van der Waals surface area contributed by atoms with E-state index in [1.54, 1.807) is 0 Å². The summed E-state index contributed by atoms with van der Waals surface area (Å²) in [5, 5.41) is 0. The molecule has 68 valence electrons. The zero-order valence-electron chi connectivity index (χ0n) is 7.87. The van der Waals surface area contributed by atoms with E-state index in [4.69, 9.17) is 0 Å². The fourth-order valence-corrected chi connectivity index (χ4v) is 1.77. The minimum Gasteiger partial charge on any atom is -0.259 e. The molecule has 0 N–H and O–H groups in total. The molecule has 1 fully saturated rings. The second kappa shape index (κ2) is 3.84. The molecule has 0 bridgehead atoms. The largest absolute Gasteiger partial charge is 0.259 e. The summed E-state index contributed by atoms with van der Waals surface area (Å²) in [6, 6.07) is 10.6. The van der Waals surface area contributed by atoms with Crippen LogP contribution in [0.3, 0.4) is 0 Å². The summed E-state index contributed by atoms with van der Waals surface area (Å²) in [6.07, 6.45) is 1.17. The summed E-state index contributed by atoms with van der Waals surface area (Å²) in [4.78, 5) is 2.44. The summed E-state index contributed by atoms with van der Waals surface area (Å²) >= 11 is 0. The molecule has 2 rings (SSSR count). The van der Waals surface area contributed by atoms with Crippen molar-refractivity contribution in [3.63, 3.8) is 0 Å². The van der Waals surface area contributed by atoms with E-state index < -0.39 is 0 Å². The first-order chi connectivity index (χ1) is 6.34. The van der Waals surface area contributed by atoms with Crippen molar-refractivity contribution in [3.05, 3.63) is 48.7 Å². The minimum atomic E-state index is 1.07. The Morgan fingerprint density at radius 3 is 2.69 bits per heavy atom. The van der Waals surface area contributed by atoms with Crippen LogP contribution in [0.2, 0.25) is 0 Å². The van der Waals surface area contributed by atoms with Gasteiger partial charge in [0.15, 0.2) is 0 Å². The summed E-state index contributed by atoms with van der Waals surface area (Å²) in [5.74, 6) is 1.37. The highest BCUT2D eigenvalue weighted by molar-refractivity contribution is 5.15. The highest BCUT2D eigenvalue weighted by atomic mass is 15.1. The lowest BCUT2D eigenvalue weighted by Gasteiger charge is -2.11. The normalized spacial score (nSPS) is 18.1. The molecule has 0 amide bonds. The van der Waals surface area contributed by atoms with Gasteiger partial charge < -0.3 is 0 Å². The van der Waals surface area contributed by atoms with Crippen LogP contribution in [-0.2, 0) is 6.54 Å². The monoisotopic (exact) mass is 173 g/mol. The van der Waals surface area contributed by atoms with Gasteiger partial charge in [0.05, 0.1) is 6.42 Å². The third kappa shape index (κ3) is 2.25. The van der Waals surface area contributed by atoms with Gasteiger partial charge in [-0.3, -0.25) is 4.90 Å². The Hall–Kier alpha value is -0.950. The Morgan fingerprint density at radius 1 is 1.31 bits per heavy atom. The molecule has 13 heavy (non-hydrogen) atoms. The topological polar surface area (TPSA) is 3.24 Å². The number of hydrogen-bond donors (Lipinski definition) is 0. The molecule has 1 aromatic rings. The fourth-order valence-electron chi connectivity index (χ4n) is 1.77. The third-order valence-electron chi connectivity index (χ3n) is 2.48. The van der Waals surface area contributed by atoms with Crippen LogP contribution in [0, 0.1) is 12.8 Å². The van der Waals surface area contributed by atoms with Gasteiger partial charge in [0.1, 0.15) is 6.54 Å². The highest BCUT2D eigenvalue weighted by Gasteiger charge is 2.21. The average Bonchev–Trinajstić information content (AvgIpc) is 2.53. The molecule has 1 aliphatic heterocycles. The smallest absolute Gasteiger partial charge is 0.113 e. The zero-order chi connectivity index (χ0) is 9.10. The molecule has 0 unspecified atom stereocenters. The van der Waals surface area contributed by atoms with Gasteiger partial charge >= 0.3 is 0 Å². The van der Waals surface area contributed by atoms with Gasteiger partial charge in [-0.2, -0.15) is 0 Å². The molecular formula is C12H15N.